The molecule has 3 nitrogen and oxygen atoms in total. The number of Topliss-reactive ketones (excluding diaryl/α,β-unsaturated/α-hetero) is 1. The molecule has 0 aliphatic heterocycles. The topological polar surface area (TPSA) is 43.4 Å². The highest BCUT2D eigenvalue weighted by Crippen LogP contribution is 2.20. The summed E-state index contributed by atoms with van der Waals surface area (Å²) in [5.74, 6) is -1.16. The molecule has 0 N–H and O–H groups in total. The van der Waals surface area contributed by atoms with Crippen molar-refractivity contribution in [2.75, 3.05) is 6.61 Å². The van der Waals surface area contributed by atoms with Crippen LogP contribution in [0.25, 0.3) is 11.1 Å². The van der Waals surface area contributed by atoms with Gasteiger partial charge in [-0.25, -0.2) is 0 Å². The van der Waals surface area contributed by atoms with Crippen molar-refractivity contribution >= 4 is 11.8 Å². The van der Waals surface area contributed by atoms with Crippen LogP contribution in [0.15, 0.2) is 54.6 Å². The van der Waals surface area contributed by atoms with Gasteiger partial charge in [0, 0.05) is 6.42 Å². The Morgan fingerprint density at radius 2 is 1.52 bits per heavy atom. The summed E-state index contributed by atoms with van der Waals surface area (Å²) in [6.45, 7) is 3.88. The average molecular weight is 310 g/mol. The van der Waals surface area contributed by atoms with Gasteiger partial charge in [0.15, 0.2) is 5.78 Å². The van der Waals surface area contributed by atoms with E-state index in [0.717, 1.165) is 16.7 Å². The molecular weight excluding hydrogens is 288 g/mol. The molecular formula is C20H22O3. The highest BCUT2D eigenvalue weighted by Gasteiger charge is 2.25. The van der Waals surface area contributed by atoms with Crippen LogP contribution < -0.4 is 0 Å². The van der Waals surface area contributed by atoms with Crippen LogP contribution in [-0.2, 0) is 20.7 Å². The van der Waals surface area contributed by atoms with Crippen LogP contribution in [0.4, 0.5) is 0 Å². The number of ketones is 1. The van der Waals surface area contributed by atoms with Crippen molar-refractivity contribution in [3.8, 4) is 11.1 Å². The predicted molar refractivity (Wildman–Crippen MR) is 91.0 cm³/mol. The lowest BCUT2D eigenvalue weighted by atomic mass is 9.94. The molecule has 0 heterocycles. The average Bonchev–Trinajstić information content (AvgIpc) is 2.57. The maximum Gasteiger partial charge on any atom is 0.316 e. The fourth-order valence-electron chi connectivity index (χ4n) is 2.54. The molecule has 0 aliphatic rings. The van der Waals surface area contributed by atoms with Crippen LogP contribution in [0.5, 0.6) is 0 Å². The number of benzene rings is 2. The van der Waals surface area contributed by atoms with Crippen LogP contribution in [0.3, 0.4) is 0 Å². The highest BCUT2D eigenvalue weighted by molar-refractivity contribution is 5.99. The van der Waals surface area contributed by atoms with Crippen LogP contribution >= 0.6 is 0 Å². The summed E-state index contributed by atoms with van der Waals surface area (Å²) in [6.07, 6.45) is 0.728. The van der Waals surface area contributed by atoms with E-state index in [0.29, 0.717) is 13.0 Å². The monoisotopic (exact) mass is 310 g/mol. The summed E-state index contributed by atoms with van der Waals surface area (Å²) in [6, 6.07) is 18.0. The van der Waals surface area contributed by atoms with E-state index >= 15 is 0 Å². The van der Waals surface area contributed by atoms with Gasteiger partial charge in [-0.3, -0.25) is 9.59 Å². The highest BCUT2D eigenvalue weighted by atomic mass is 16.5. The maximum atomic E-state index is 12.3. The van der Waals surface area contributed by atoms with Crippen molar-refractivity contribution in [1.29, 1.82) is 0 Å². The van der Waals surface area contributed by atoms with E-state index in [-0.39, 0.29) is 12.2 Å². The molecule has 2 aromatic carbocycles. The first-order chi connectivity index (χ1) is 11.2. The van der Waals surface area contributed by atoms with Crippen LogP contribution in [-0.4, -0.2) is 18.4 Å². The number of carbonyl (C=O) groups is 2. The first-order valence-electron chi connectivity index (χ1n) is 7.99. The molecule has 0 bridgehead atoms. The minimum atomic E-state index is -0.663. The molecule has 23 heavy (non-hydrogen) atoms. The molecule has 120 valence electrons. The molecule has 0 aromatic heterocycles. The van der Waals surface area contributed by atoms with E-state index < -0.39 is 11.9 Å². The zero-order valence-corrected chi connectivity index (χ0v) is 13.6. The Bertz CT molecular complexity index is 644. The largest absolute Gasteiger partial charge is 0.465 e. The van der Waals surface area contributed by atoms with E-state index in [1.54, 1.807) is 6.92 Å². The van der Waals surface area contributed by atoms with E-state index in [1.807, 2.05) is 61.5 Å². The normalized spacial score (nSPS) is 11.7. The van der Waals surface area contributed by atoms with E-state index in [2.05, 4.69) is 0 Å². The van der Waals surface area contributed by atoms with Gasteiger partial charge in [0.05, 0.1) is 6.61 Å². The quantitative estimate of drug-likeness (QED) is 0.572. The molecule has 0 fully saturated rings. The van der Waals surface area contributed by atoms with E-state index in [1.165, 1.54) is 0 Å². The number of carbonyl (C=O) groups excluding carboxylic acids is 2. The van der Waals surface area contributed by atoms with Crippen molar-refractivity contribution in [3.05, 3.63) is 60.2 Å². The Morgan fingerprint density at radius 1 is 0.913 bits per heavy atom. The molecule has 0 saturated heterocycles. The van der Waals surface area contributed by atoms with Gasteiger partial charge < -0.3 is 4.74 Å². The summed E-state index contributed by atoms with van der Waals surface area (Å²) in [7, 11) is 0. The van der Waals surface area contributed by atoms with E-state index in [4.69, 9.17) is 4.74 Å². The van der Waals surface area contributed by atoms with Gasteiger partial charge in [-0.1, -0.05) is 61.5 Å². The molecule has 0 spiro atoms. The van der Waals surface area contributed by atoms with Gasteiger partial charge in [0.1, 0.15) is 5.92 Å². The number of hydrogen-bond acceptors (Lipinski definition) is 3. The zero-order valence-electron chi connectivity index (χ0n) is 13.6. The lowest BCUT2D eigenvalue weighted by Gasteiger charge is -2.12. The summed E-state index contributed by atoms with van der Waals surface area (Å²) in [5.41, 5.74) is 3.17. The smallest absolute Gasteiger partial charge is 0.316 e. The van der Waals surface area contributed by atoms with E-state index in [9.17, 15) is 9.59 Å². The van der Waals surface area contributed by atoms with Gasteiger partial charge in [-0.2, -0.15) is 0 Å². The zero-order chi connectivity index (χ0) is 16.7. The standard InChI is InChI=1S/C20H22O3/c1-3-18(20(22)23-4-2)19(21)14-15-10-12-17(13-11-15)16-8-6-5-7-9-16/h5-13,18H,3-4,14H2,1-2H3. The summed E-state index contributed by atoms with van der Waals surface area (Å²) in [5, 5.41) is 0. The molecule has 1 unspecified atom stereocenters. The molecule has 0 amide bonds. The Morgan fingerprint density at radius 3 is 2.09 bits per heavy atom. The Kier molecular flexibility index (Phi) is 6.10. The van der Waals surface area contributed by atoms with Crippen LogP contribution in [0.1, 0.15) is 25.8 Å². The lowest BCUT2D eigenvalue weighted by Crippen LogP contribution is -2.27. The van der Waals surface area contributed by atoms with Gasteiger partial charge in [-0.15, -0.1) is 0 Å². The first kappa shape index (κ1) is 16.9. The van der Waals surface area contributed by atoms with Gasteiger partial charge in [0.2, 0.25) is 0 Å². The maximum absolute atomic E-state index is 12.3. The van der Waals surface area contributed by atoms with Gasteiger partial charge in [-0.05, 0) is 30.0 Å². The molecule has 0 saturated carbocycles. The number of esters is 1. The van der Waals surface area contributed by atoms with Crippen molar-refractivity contribution in [3.63, 3.8) is 0 Å². The molecule has 0 aliphatic carbocycles. The number of hydrogen-bond donors (Lipinski definition) is 0. The second-order valence-electron chi connectivity index (χ2n) is 5.42. The van der Waals surface area contributed by atoms with Gasteiger partial charge in [0.25, 0.3) is 0 Å². The van der Waals surface area contributed by atoms with Crippen molar-refractivity contribution in [1.82, 2.24) is 0 Å². The molecule has 3 heteroatoms. The van der Waals surface area contributed by atoms with Crippen LogP contribution in [0.2, 0.25) is 0 Å². The Balaban J connectivity index is 2.05. The third-order valence-electron chi connectivity index (χ3n) is 3.81. The molecule has 0 radical (unpaired) electrons. The third-order valence-corrected chi connectivity index (χ3v) is 3.81. The van der Waals surface area contributed by atoms with Crippen molar-refractivity contribution < 1.29 is 14.3 Å². The second-order valence-corrected chi connectivity index (χ2v) is 5.42. The molecule has 1 atom stereocenters. The van der Waals surface area contributed by atoms with Crippen molar-refractivity contribution in [2.24, 2.45) is 5.92 Å². The van der Waals surface area contributed by atoms with Gasteiger partial charge >= 0.3 is 5.97 Å². The molecule has 2 aromatic rings. The Hall–Kier alpha value is -2.42. The van der Waals surface area contributed by atoms with Crippen molar-refractivity contribution in [2.45, 2.75) is 26.7 Å². The Labute approximate surface area is 137 Å². The minimum absolute atomic E-state index is 0.0848. The SMILES string of the molecule is CCOC(=O)C(CC)C(=O)Cc1ccc(-c2ccccc2)cc1. The fraction of sp³-hybridized carbons (Fsp3) is 0.300. The summed E-state index contributed by atoms with van der Waals surface area (Å²) in [4.78, 5) is 24.1. The minimum Gasteiger partial charge on any atom is -0.465 e. The lowest BCUT2D eigenvalue weighted by molar-refractivity contribution is -0.151. The first-order valence-corrected chi connectivity index (χ1v) is 7.99. The second kappa shape index (κ2) is 8.28. The van der Waals surface area contributed by atoms with Crippen LogP contribution in [0, 0.1) is 5.92 Å². The number of ether oxygens (including phenoxy) is 1. The molecule has 2 rings (SSSR count). The predicted octanol–water partition coefficient (Wildman–Crippen LogP) is 4.05. The fourth-order valence-corrected chi connectivity index (χ4v) is 2.54. The summed E-state index contributed by atoms with van der Waals surface area (Å²) < 4.78 is 4.97. The summed E-state index contributed by atoms with van der Waals surface area (Å²) >= 11 is 0. The third kappa shape index (κ3) is 4.52. The number of rotatable bonds is 7.